The topological polar surface area (TPSA) is 32.3 Å². The van der Waals surface area contributed by atoms with Gasteiger partial charge >= 0.3 is 6.18 Å². The number of halogens is 3. The molecule has 0 spiro atoms. The predicted octanol–water partition coefficient (Wildman–Crippen LogP) is 2.98. The fourth-order valence-electron chi connectivity index (χ4n) is 2.44. The van der Waals surface area contributed by atoms with Crippen molar-refractivity contribution in [3.05, 3.63) is 35.4 Å². The van der Waals surface area contributed by atoms with E-state index in [1.807, 2.05) is 11.8 Å². The smallest absolute Gasteiger partial charge is 0.341 e. The highest BCUT2D eigenvalue weighted by Crippen LogP contribution is 2.29. The van der Waals surface area contributed by atoms with Gasteiger partial charge in [0.2, 0.25) is 5.91 Å². The summed E-state index contributed by atoms with van der Waals surface area (Å²) in [4.78, 5) is 13.3. The lowest BCUT2D eigenvalue weighted by molar-refractivity contribution is -0.137. The van der Waals surface area contributed by atoms with Crippen molar-refractivity contribution in [2.75, 3.05) is 19.6 Å². The Morgan fingerprint density at radius 2 is 1.95 bits per heavy atom. The molecule has 1 atom stereocenters. The highest BCUT2D eigenvalue weighted by molar-refractivity contribution is 5.78. The summed E-state index contributed by atoms with van der Waals surface area (Å²) in [5, 5.41) is 3.23. The van der Waals surface area contributed by atoms with Crippen LogP contribution in [0.4, 0.5) is 13.2 Å². The van der Waals surface area contributed by atoms with Crippen LogP contribution in [0, 0.1) is 0 Å². The summed E-state index contributed by atoms with van der Waals surface area (Å²) in [5.41, 5.74) is 0.164. The fourth-order valence-corrected chi connectivity index (χ4v) is 2.44. The molecule has 0 aromatic heterocycles. The third kappa shape index (κ3) is 4.20. The van der Waals surface area contributed by atoms with E-state index in [4.69, 9.17) is 0 Å². The normalized spacial score (nSPS) is 17.3. The number of alkyl halides is 3. The van der Waals surface area contributed by atoms with E-state index in [-0.39, 0.29) is 11.9 Å². The number of carbonyl (C=O) groups excluding carboxylic acids is 1. The van der Waals surface area contributed by atoms with Gasteiger partial charge in [0.1, 0.15) is 0 Å². The summed E-state index contributed by atoms with van der Waals surface area (Å²) in [5.74, 6) is 0.180. The SMILES string of the molecule is CC(NCCN1CCCC1=O)c1ccc(C(F)(F)F)cc1. The van der Waals surface area contributed by atoms with Crippen molar-refractivity contribution >= 4 is 5.91 Å². The molecule has 116 valence electrons. The second kappa shape index (κ2) is 6.47. The Hall–Kier alpha value is -1.56. The molecule has 1 fully saturated rings. The van der Waals surface area contributed by atoms with Crippen LogP contribution in [-0.4, -0.2) is 30.4 Å². The van der Waals surface area contributed by atoms with E-state index in [9.17, 15) is 18.0 Å². The Morgan fingerprint density at radius 1 is 1.29 bits per heavy atom. The van der Waals surface area contributed by atoms with E-state index < -0.39 is 11.7 Å². The van der Waals surface area contributed by atoms with Crippen molar-refractivity contribution in [2.45, 2.75) is 32.0 Å². The highest BCUT2D eigenvalue weighted by atomic mass is 19.4. The molecular weight excluding hydrogens is 281 g/mol. The number of rotatable bonds is 5. The lowest BCUT2D eigenvalue weighted by Crippen LogP contribution is -2.33. The Labute approximate surface area is 122 Å². The van der Waals surface area contributed by atoms with Crippen molar-refractivity contribution in [2.24, 2.45) is 0 Å². The zero-order valence-electron chi connectivity index (χ0n) is 11.9. The van der Waals surface area contributed by atoms with Gasteiger partial charge in [-0.25, -0.2) is 0 Å². The van der Waals surface area contributed by atoms with E-state index in [1.165, 1.54) is 12.1 Å². The van der Waals surface area contributed by atoms with E-state index in [2.05, 4.69) is 5.32 Å². The number of hydrogen-bond donors (Lipinski definition) is 1. The number of hydrogen-bond acceptors (Lipinski definition) is 2. The molecule has 1 unspecified atom stereocenters. The number of likely N-dealkylation sites (tertiary alicyclic amines) is 1. The van der Waals surface area contributed by atoms with Gasteiger partial charge in [-0.15, -0.1) is 0 Å². The summed E-state index contributed by atoms with van der Waals surface area (Å²) in [6, 6.07) is 5.11. The molecule has 1 saturated heterocycles. The maximum absolute atomic E-state index is 12.5. The third-order valence-electron chi connectivity index (χ3n) is 3.74. The van der Waals surface area contributed by atoms with Crippen LogP contribution in [0.15, 0.2) is 24.3 Å². The molecule has 6 heteroatoms. The minimum atomic E-state index is -4.30. The molecule has 1 aromatic rings. The van der Waals surface area contributed by atoms with Gasteiger partial charge in [-0.2, -0.15) is 13.2 Å². The molecule has 0 radical (unpaired) electrons. The van der Waals surface area contributed by atoms with Crippen molar-refractivity contribution < 1.29 is 18.0 Å². The zero-order chi connectivity index (χ0) is 15.5. The molecule has 21 heavy (non-hydrogen) atoms. The summed E-state index contributed by atoms with van der Waals surface area (Å²) in [7, 11) is 0. The molecular formula is C15H19F3N2O. The van der Waals surface area contributed by atoms with Gasteiger partial charge < -0.3 is 10.2 Å². The van der Waals surface area contributed by atoms with Crippen LogP contribution in [0.2, 0.25) is 0 Å². The standard InChI is InChI=1S/C15H19F3N2O/c1-11(19-8-10-20-9-2-3-14(20)21)12-4-6-13(7-5-12)15(16,17)18/h4-7,11,19H,2-3,8-10H2,1H3. The Bertz CT molecular complexity index is 485. The first-order chi connectivity index (χ1) is 9.88. The molecule has 0 aliphatic carbocycles. The zero-order valence-corrected chi connectivity index (χ0v) is 11.9. The molecule has 1 aliphatic heterocycles. The van der Waals surface area contributed by atoms with Crippen LogP contribution in [0.1, 0.15) is 36.9 Å². The molecule has 1 aliphatic rings. The maximum atomic E-state index is 12.5. The Balaban J connectivity index is 1.83. The van der Waals surface area contributed by atoms with Crippen molar-refractivity contribution in [1.82, 2.24) is 10.2 Å². The van der Waals surface area contributed by atoms with Crippen LogP contribution in [-0.2, 0) is 11.0 Å². The summed E-state index contributed by atoms with van der Waals surface area (Å²) >= 11 is 0. The van der Waals surface area contributed by atoms with Gasteiger partial charge in [0.05, 0.1) is 5.56 Å². The number of nitrogens with one attached hydrogen (secondary N) is 1. The van der Waals surface area contributed by atoms with Gasteiger partial charge in [-0.3, -0.25) is 4.79 Å². The minimum Gasteiger partial charge on any atom is -0.341 e. The van der Waals surface area contributed by atoms with Gasteiger partial charge in [-0.1, -0.05) is 12.1 Å². The first kappa shape index (κ1) is 15.8. The summed E-state index contributed by atoms with van der Waals surface area (Å²) in [6.45, 7) is 3.97. The predicted molar refractivity (Wildman–Crippen MR) is 73.7 cm³/mol. The first-order valence-corrected chi connectivity index (χ1v) is 7.06. The number of benzene rings is 1. The Morgan fingerprint density at radius 3 is 2.48 bits per heavy atom. The second-order valence-electron chi connectivity index (χ2n) is 5.28. The fraction of sp³-hybridized carbons (Fsp3) is 0.533. The average molecular weight is 300 g/mol. The minimum absolute atomic E-state index is 0.0509. The summed E-state index contributed by atoms with van der Waals surface area (Å²) < 4.78 is 37.4. The van der Waals surface area contributed by atoms with E-state index in [0.717, 1.165) is 30.7 Å². The lowest BCUT2D eigenvalue weighted by Gasteiger charge is -2.19. The average Bonchev–Trinajstić information content (AvgIpc) is 2.83. The Kier molecular flexibility index (Phi) is 4.88. The van der Waals surface area contributed by atoms with Crippen molar-refractivity contribution in [3.63, 3.8) is 0 Å². The van der Waals surface area contributed by atoms with Crippen LogP contribution in [0.25, 0.3) is 0 Å². The molecule has 1 N–H and O–H groups in total. The monoisotopic (exact) mass is 300 g/mol. The second-order valence-corrected chi connectivity index (χ2v) is 5.28. The number of nitrogens with zero attached hydrogens (tertiary/aromatic N) is 1. The van der Waals surface area contributed by atoms with Crippen LogP contribution in [0.3, 0.4) is 0 Å². The third-order valence-corrected chi connectivity index (χ3v) is 3.74. The van der Waals surface area contributed by atoms with Gasteiger partial charge in [-0.05, 0) is 31.0 Å². The molecule has 0 saturated carbocycles. The van der Waals surface area contributed by atoms with E-state index in [1.54, 1.807) is 0 Å². The van der Waals surface area contributed by atoms with E-state index in [0.29, 0.717) is 19.5 Å². The highest BCUT2D eigenvalue weighted by Gasteiger charge is 2.30. The molecule has 1 aromatic carbocycles. The first-order valence-electron chi connectivity index (χ1n) is 7.06. The van der Waals surface area contributed by atoms with Gasteiger partial charge in [0, 0.05) is 32.1 Å². The maximum Gasteiger partial charge on any atom is 0.416 e. The van der Waals surface area contributed by atoms with Crippen LogP contribution < -0.4 is 5.32 Å². The van der Waals surface area contributed by atoms with Crippen LogP contribution in [0.5, 0.6) is 0 Å². The molecule has 0 bridgehead atoms. The van der Waals surface area contributed by atoms with E-state index >= 15 is 0 Å². The summed E-state index contributed by atoms with van der Waals surface area (Å²) in [6.07, 6.45) is -2.77. The molecule has 3 nitrogen and oxygen atoms in total. The largest absolute Gasteiger partial charge is 0.416 e. The molecule has 1 heterocycles. The van der Waals surface area contributed by atoms with Crippen molar-refractivity contribution in [3.8, 4) is 0 Å². The molecule has 2 rings (SSSR count). The number of amides is 1. The number of carbonyl (C=O) groups is 1. The van der Waals surface area contributed by atoms with Crippen LogP contribution >= 0.6 is 0 Å². The van der Waals surface area contributed by atoms with Crippen molar-refractivity contribution in [1.29, 1.82) is 0 Å². The van der Waals surface area contributed by atoms with Gasteiger partial charge in [0.15, 0.2) is 0 Å². The molecule has 1 amide bonds. The lowest BCUT2D eigenvalue weighted by atomic mass is 10.1. The van der Waals surface area contributed by atoms with Gasteiger partial charge in [0.25, 0.3) is 0 Å². The quantitative estimate of drug-likeness (QED) is 0.906.